The summed E-state index contributed by atoms with van der Waals surface area (Å²) in [4.78, 5) is 17.6. The molecule has 0 radical (unpaired) electrons. The smallest absolute Gasteiger partial charge is 0.163 e. The Morgan fingerprint density at radius 3 is 2.07 bits per heavy atom. The third-order valence-electron chi connectivity index (χ3n) is 5.18. The molecule has 1 aliphatic heterocycles. The van der Waals surface area contributed by atoms with E-state index in [4.69, 9.17) is 0 Å². The lowest BCUT2D eigenvalue weighted by atomic mass is 9.86. The highest BCUT2D eigenvalue weighted by Gasteiger charge is 2.27. The molecule has 3 nitrogen and oxygen atoms in total. The second-order valence-electron chi connectivity index (χ2n) is 7.68. The molecule has 0 aliphatic carbocycles. The van der Waals surface area contributed by atoms with Gasteiger partial charge >= 0.3 is 0 Å². The first-order chi connectivity index (χ1) is 13.1. The molecule has 3 rings (SSSR count). The van der Waals surface area contributed by atoms with Crippen molar-refractivity contribution in [3.63, 3.8) is 0 Å². The van der Waals surface area contributed by atoms with Gasteiger partial charge in [0.25, 0.3) is 0 Å². The van der Waals surface area contributed by atoms with Gasteiger partial charge in [0.05, 0.1) is 0 Å². The van der Waals surface area contributed by atoms with Crippen molar-refractivity contribution in [3.05, 3.63) is 83.6 Å². The Bertz CT molecular complexity index is 744. The van der Waals surface area contributed by atoms with Crippen LogP contribution in [-0.4, -0.2) is 42.8 Å². The molecule has 0 aromatic heterocycles. The highest BCUT2D eigenvalue weighted by atomic mass is 16.1. The number of hydrogen-bond donors (Lipinski definition) is 0. The maximum Gasteiger partial charge on any atom is 0.163 e. The van der Waals surface area contributed by atoms with E-state index in [1.54, 1.807) is 0 Å². The quantitative estimate of drug-likeness (QED) is 0.691. The van der Waals surface area contributed by atoms with Crippen LogP contribution >= 0.6 is 0 Å². The van der Waals surface area contributed by atoms with E-state index in [-0.39, 0.29) is 5.92 Å². The Morgan fingerprint density at radius 2 is 1.52 bits per heavy atom. The van der Waals surface area contributed by atoms with E-state index in [1.165, 1.54) is 11.1 Å². The SMILES string of the molecule is CN(C)/C=C(/Cc1ccccc1)C(=O)C1CCN(Cc2ccccc2)CC1. The number of carbonyl (C=O) groups excluding carboxylic acids is 1. The summed E-state index contributed by atoms with van der Waals surface area (Å²) in [6.07, 6.45) is 4.62. The average molecular weight is 363 g/mol. The molecule has 0 atom stereocenters. The first-order valence-electron chi connectivity index (χ1n) is 9.83. The summed E-state index contributed by atoms with van der Waals surface area (Å²) in [5, 5.41) is 0. The van der Waals surface area contributed by atoms with Crippen LogP contribution in [0.2, 0.25) is 0 Å². The summed E-state index contributed by atoms with van der Waals surface area (Å²) >= 11 is 0. The predicted molar refractivity (Wildman–Crippen MR) is 111 cm³/mol. The maximum absolute atomic E-state index is 13.2. The molecular weight excluding hydrogens is 332 g/mol. The molecule has 0 bridgehead atoms. The van der Waals surface area contributed by atoms with Crippen LogP contribution in [0.3, 0.4) is 0 Å². The largest absolute Gasteiger partial charge is 0.383 e. The Labute approximate surface area is 163 Å². The number of likely N-dealkylation sites (tertiary alicyclic amines) is 1. The lowest BCUT2D eigenvalue weighted by molar-refractivity contribution is -0.120. The van der Waals surface area contributed by atoms with Gasteiger partial charge in [0.15, 0.2) is 5.78 Å². The normalized spacial score (nSPS) is 16.3. The van der Waals surface area contributed by atoms with E-state index < -0.39 is 0 Å². The first kappa shape index (κ1) is 19.4. The van der Waals surface area contributed by atoms with Gasteiger partial charge < -0.3 is 4.90 Å². The second kappa shape index (κ2) is 9.52. The number of allylic oxidation sites excluding steroid dienone is 1. The van der Waals surface area contributed by atoms with Crippen molar-refractivity contribution < 1.29 is 4.79 Å². The Balaban J connectivity index is 1.60. The molecule has 1 aliphatic rings. The molecule has 2 aromatic rings. The molecule has 142 valence electrons. The third-order valence-corrected chi connectivity index (χ3v) is 5.18. The van der Waals surface area contributed by atoms with Gasteiger partial charge in [-0.1, -0.05) is 60.7 Å². The average Bonchev–Trinajstić information content (AvgIpc) is 2.69. The van der Waals surface area contributed by atoms with Gasteiger partial charge in [0.2, 0.25) is 0 Å². The summed E-state index contributed by atoms with van der Waals surface area (Å²) in [6.45, 7) is 2.96. The van der Waals surface area contributed by atoms with Gasteiger partial charge in [-0.15, -0.1) is 0 Å². The molecular formula is C24H30N2O. The highest BCUT2D eigenvalue weighted by Crippen LogP contribution is 2.24. The first-order valence-corrected chi connectivity index (χ1v) is 9.83. The van der Waals surface area contributed by atoms with Crippen LogP contribution in [0.25, 0.3) is 0 Å². The molecule has 0 amide bonds. The molecule has 1 heterocycles. The highest BCUT2D eigenvalue weighted by molar-refractivity contribution is 5.97. The number of ketones is 1. The maximum atomic E-state index is 13.2. The predicted octanol–water partition coefficient (Wildman–Crippen LogP) is 4.16. The third kappa shape index (κ3) is 5.80. The van der Waals surface area contributed by atoms with Crippen LogP contribution in [0.15, 0.2) is 72.4 Å². The van der Waals surface area contributed by atoms with Gasteiger partial charge in [-0.25, -0.2) is 0 Å². The van der Waals surface area contributed by atoms with E-state index in [0.717, 1.165) is 38.0 Å². The minimum absolute atomic E-state index is 0.145. The van der Waals surface area contributed by atoms with Crippen molar-refractivity contribution in [2.75, 3.05) is 27.2 Å². The summed E-state index contributed by atoms with van der Waals surface area (Å²) in [6, 6.07) is 20.9. The minimum Gasteiger partial charge on any atom is -0.383 e. The molecule has 2 aromatic carbocycles. The number of benzene rings is 2. The summed E-state index contributed by atoms with van der Waals surface area (Å²) in [7, 11) is 3.97. The summed E-state index contributed by atoms with van der Waals surface area (Å²) in [5.74, 6) is 0.471. The number of rotatable bonds is 7. The van der Waals surface area contributed by atoms with Crippen LogP contribution in [0.1, 0.15) is 24.0 Å². The minimum atomic E-state index is 0.145. The zero-order chi connectivity index (χ0) is 19.1. The van der Waals surface area contributed by atoms with E-state index in [9.17, 15) is 4.79 Å². The van der Waals surface area contributed by atoms with E-state index >= 15 is 0 Å². The zero-order valence-corrected chi connectivity index (χ0v) is 16.5. The molecule has 1 fully saturated rings. The lowest BCUT2D eigenvalue weighted by Crippen LogP contribution is -2.36. The Kier molecular flexibility index (Phi) is 6.83. The molecule has 1 saturated heterocycles. The summed E-state index contributed by atoms with van der Waals surface area (Å²) < 4.78 is 0. The van der Waals surface area contributed by atoms with Crippen LogP contribution in [-0.2, 0) is 17.8 Å². The van der Waals surface area contributed by atoms with Crippen LogP contribution < -0.4 is 0 Å². The summed E-state index contributed by atoms with van der Waals surface area (Å²) in [5.41, 5.74) is 3.47. The van der Waals surface area contributed by atoms with Crippen molar-refractivity contribution in [1.82, 2.24) is 9.80 Å². The molecule has 0 N–H and O–H groups in total. The van der Waals surface area contributed by atoms with Crippen LogP contribution in [0.5, 0.6) is 0 Å². The number of hydrogen-bond acceptors (Lipinski definition) is 3. The van der Waals surface area contributed by atoms with Crippen LogP contribution in [0, 0.1) is 5.92 Å². The number of Topliss-reactive ketones (excluding diaryl/α,β-unsaturated/α-hetero) is 1. The monoisotopic (exact) mass is 362 g/mol. The van der Waals surface area contributed by atoms with Crippen molar-refractivity contribution >= 4 is 5.78 Å². The number of piperidine rings is 1. The van der Waals surface area contributed by atoms with Crippen molar-refractivity contribution in [1.29, 1.82) is 0 Å². The van der Waals surface area contributed by atoms with Gasteiger partial charge in [0.1, 0.15) is 0 Å². The second-order valence-corrected chi connectivity index (χ2v) is 7.68. The van der Waals surface area contributed by atoms with Gasteiger partial charge in [-0.05, 0) is 37.1 Å². The molecule has 0 saturated carbocycles. The molecule has 27 heavy (non-hydrogen) atoms. The molecule has 0 spiro atoms. The van der Waals surface area contributed by atoms with Gasteiger partial charge in [-0.3, -0.25) is 9.69 Å². The van der Waals surface area contributed by atoms with Gasteiger partial charge in [-0.2, -0.15) is 0 Å². The Hall–Kier alpha value is -2.39. The van der Waals surface area contributed by atoms with Crippen molar-refractivity contribution in [3.8, 4) is 0 Å². The van der Waals surface area contributed by atoms with E-state index in [0.29, 0.717) is 12.2 Å². The fourth-order valence-electron chi connectivity index (χ4n) is 3.78. The zero-order valence-electron chi connectivity index (χ0n) is 16.5. The fourth-order valence-corrected chi connectivity index (χ4v) is 3.78. The topological polar surface area (TPSA) is 23.6 Å². The Morgan fingerprint density at radius 1 is 0.963 bits per heavy atom. The van der Waals surface area contributed by atoms with E-state index in [1.807, 2.05) is 43.4 Å². The van der Waals surface area contributed by atoms with Gasteiger partial charge in [0, 0.05) is 44.8 Å². The van der Waals surface area contributed by atoms with Crippen molar-refractivity contribution in [2.24, 2.45) is 5.92 Å². The van der Waals surface area contributed by atoms with E-state index in [2.05, 4.69) is 47.4 Å². The standard InChI is InChI=1S/C24H30N2O/c1-25(2)19-23(17-20-9-5-3-6-10-20)24(27)22-13-15-26(16-14-22)18-21-11-7-4-8-12-21/h3-12,19,22H,13-18H2,1-2H3/b23-19-. The molecule has 0 unspecified atom stereocenters. The van der Waals surface area contributed by atoms with Crippen LogP contribution in [0.4, 0.5) is 0 Å². The number of carbonyl (C=O) groups is 1. The number of nitrogens with zero attached hydrogens (tertiary/aromatic N) is 2. The lowest BCUT2D eigenvalue weighted by Gasteiger charge is -2.31. The molecule has 3 heteroatoms. The fraction of sp³-hybridized carbons (Fsp3) is 0.375. The van der Waals surface area contributed by atoms with Crippen molar-refractivity contribution in [2.45, 2.75) is 25.8 Å².